The molecule has 1 atom stereocenters. The Morgan fingerprint density at radius 1 is 1.61 bits per heavy atom. The van der Waals surface area contributed by atoms with Gasteiger partial charge in [-0.2, -0.15) is 17.0 Å². The molecule has 1 unspecified atom stereocenters. The number of carboxylic acid groups (broad SMARTS) is 1. The van der Waals surface area contributed by atoms with Crippen molar-refractivity contribution in [2.45, 2.75) is 11.8 Å². The van der Waals surface area contributed by atoms with Gasteiger partial charge >= 0.3 is 5.97 Å². The molecule has 0 aliphatic rings. The number of aliphatic carboxylic acids is 1. The molecular formula is C12H12N2O3S. The number of benzene rings is 1. The van der Waals surface area contributed by atoms with Crippen molar-refractivity contribution in [3.8, 4) is 6.07 Å². The van der Waals surface area contributed by atoms with Crippen LogP contribution in [0.1, 0.15) is 11.1 Å². The molecule has 0 saturated heterocycles. The molecule has 0 aliphatic carbocycles. The minimum absolute atomic E-state index is 0.283. The first kappa shape index (κ1) is 14.1. The first-order valence-electron chi connectivity index (χ1n) is 5.16. The molecule has 1 rings (SSSR count). The Hall–Kier alpha value is -2.00. The predicted octanol–water partition coefficient (Wildman–Crippen LogP) is 0.991. The van der Waals surface area contributed by atoms with Gasteiger partial charge in [0.1, 0.15) is 6.04 Å². The lowest BCUT2D eigenvalue weighted by molar-refractivity contribution is -0.139. The lowest BCUT2D eigenvalue weighted by Crippen LogP contribution is -2.37. The number of nitrogens with zero attached hydrogens (tertiary/aromatic N) is 1. The van der Waals surface area contributed by atoms with Crippen LogP contribution >= 0.6 is 11.8 Å². The summed E-state index contributed by atoms with van der Waals surface area (Å²) in [7, 11) is 0. The fourth-order valence-corrected chi connectivity index (χ4v) is 2.31. The summed E-state index contributed by atoms with van der Waals surface area (Å²) in [5, 5.41) is 19.8. The number of carbonyl (C=O) groups is 2. The Bertz CT molecular complexity index is 471. The molecule has 0 fully saturated rings. The predicted molar refractivity (Wildman–Crippen MR) is 67.9 cm³/mol. The van der Waals surface area contributed by atoms with E-state index < -0.39 is 12.0 Å². The Labute approximate surface area is 109 Å². The molecule has 0 spiro atoms. The third kappa shape index (κ3) is 4.47. The highest BCUT2D eigenvalue weighted by molar-refractivity contribution is 7.98. The van der Waals surface area contributed by atoms with Crippen LogP contribution in [0.4, 0.5) is 0 Å². The molecule has 1 aromatic carbocycles. The summed E-state index contributed by atoms with van der Waals surface area (Å²) >= 11 is 1.39. The summed E-state index contributed by atoms with van der Waals surface area (Å²) in [5.74, 6) is -0.176. The molecular weight excluding hydrogens is 252 g/mol. The standard InChI is InChI=1S/C12H12N2O3S/c13-5-9-2-1-3-10(4-9)6-18-7-11(12(16)17)14-8-15/h1-4,8,11H,6-7H2,(H,14,15)(H,16,17). The molecule has 1 amide bonds. The molecule has 18 heavy (non-hydrogen) atoms. The van der Waals surface area contributed by atoms with E-state index in [1.54, 1.807) is 18.2 Å². The van der Waals surface area contributed by atoms with Crippen LogP contribution in [0.2, 0.25) is 0 Å². The topological polar surface area (TPSA) is 90.2 Å². The van der Waals surface area contributed by atoms with Gasteiger partial charge in [0.15, 0.2) is 0 Å². The maximum Gasteiger partial charge on any atom is 0.327 e. The van der Waals surface area contributed by atoms with Crippen molar-refractivity contribution in [1.29, 1.82) is 5.26 Å². The number of carbonyl (C=O) groups excluding carboxylic acids is 1. The second kappa shape index (κ2) is 7.35. The molecule has 6 heteroatoms. The van der Waals surface area contributed by atoms with Gasteiger partial charge in [-0.15, -0.1) is 0 Å². The molecule has 0 bridgehead atoms. The van der Waals surface area contributed by atoms with Crippen LogP contribution in [-0.2, 0) is 15.3 Å². The second-order valence-electron chi connectivity index (χ2n) is 3.50. The maximum atomic E-state index is 10.8. The summed E-state index contributed by atoms with van der Waals surface area (Å²) in [6.07, 6.45) is 0.385. The minimum Gasteiger partial charge on any atom is -0.480 e. The van der Waals surface area contributed by atoms with E-state index in [2.05, 4.69) is 5.32 Å². The van der Waals surface area contributed by atoms with Crippen molar-refractivity contribution in [3.05, 3.63) is 35.4 Å². The SMILES string of the molecule is N#Cc1cccc(CSCC(NC=O)C(=O)O)c1. The van der Waals surface area contributed by atoms with E-state index in [0.717, 1.165) is 5.56 Å². The lowest BCUT2D eigenvalue weighted by Gasteiger charge is -2.10. The third-order valence-corrected chi connectivity index (χ3v) is 3.28. The fraction of sp³-hybridized carbons (Fsp3) is 0.250. The molecule has 0 aliphatic heterocycles. The quantitative estimate of drug-likeness (QED) is 0.717. The fourth-order valence-electron chi connectivity index (χ4n) is 1.30. The van der Waals surface area contributed by atoms with Gasteiger partial charge in [0.2, 0.25) is 6.41 Å². The Balaban J connectivity index is 2.47. The van der Waals surface area contributed by atoms with Gasteiger partial charge in [-0.1, -0.05) is 12.1 Å². The average Bonchev–Trinajstić information content (AvgIpc) is 2.38. The molecule has 2 N–H and O–H groups in total. The number of rotatable bonds is 7. The van der Waals surface area contributed by atoms with Crippen molar-refractivity contribution >= 4 is 24.1 Å². The van der Waals surface area contributed by atoms with Crippen LogP contribution in [0, 0.1) is 11.3 Å². The lowest BCUT2D eigenvalue weighted by atomic mass is 10.2. The van der Waals surface area contributed by atoms with Crippen molar-refractivity contribution in [2.75, 3.05) is 5.75 Å². The largest absolute Gasteiger partial charge is 0.480 e. The van der Waals surface area contributed by atoms with Crippen molar-refractivity contribution in [1.82, 2.24) is 5.32 Å². The zero-order valence-corrected chi connectivity index (χ0v) is 10.3. The molecule has 94 valence electrons. The maximum absolute atomic E-state index is 10.8. The average molecular weight is 264 g/mol. The molecule has 1 aromatic rings. The van der Waals surface area contributed by atoms with Gasteiger partial charge in [-0.3, -0.25) is 4.79 Å². The Morgan fingerprint density at radius 2 is 2.39 bits per heavy atom. The van der Waals surface area contributed by atoms with Gasteiger partial charge in [0.05, 0.1) is 11.6 Å². The van der Waals surface area contributed by atoms with Crippen LogP contribution in [0.3, 0.4) is 0 Å². The normalized spacial score (nSPS) is 11.3. The van der Waals surface area contributed by atoms with Gasteiger partial charge in [0.25, 0.3) is 0 Å². The van der Waals surface area contributed by atoms with Gasteiger partial charge in [-0.25, -0.2) is 4.79 Å². The second-order valence-corrected chi connectivity index (χ2v) is 4.53. The van der Waals surface area contributed by atoms with E-state index >= 15 is 0 Å². The van der Waals surface area contributed by atoms with E-state index in [1.807, 2.05) is 12.1 Å². The van der Waals surface area contributed by atoms with E-state index in [1.165, 1.54) is 11.8 Å². The highest BCUT2D eigenvalue weighted by atomic mass is 32.2. The zero-order chi connectivity index (χ0) is 13.4. The van der Waals surface area contributed by atoms with Crippen molar-refractivity contribution in [2.24, 2.45) is 0 Å². The zero-order valence-electron chi connectivity index (χ0n) is 9.50. The van der Waals surface area contributed by atoms with Crippen LogP contribution in [0.5, 0.6) is 0 Å². The number of carboxylic acids is 1. The number of hydrogen-bond donors (Lipinski definition) is 2. The molecule has 5 nitrogen and oxygen atoms in total. The van der Waals surface area contributed by atoms with Crippen LogP contribution in [0.25, 0.3) is 0 Å². The molecule has 0 aromatic heterocycles. The van der Waals surface area contributed by atoms with Gasteiger partial charge in [0, 0.05) is 11.5 Å². The number of amides is 1. The minimum atomic E-state index is -1.06. The number of hydrogen-bond acceptors (Lipinski definition) is 4. The first-order chi connectivity index (χ1) is 8.67. The summed E-state index contributed by atoms with van der Waals surface area (Å²) in [5.41, 5.74) is 1.53. The number of nitrogens with one attached hydrogen (secondary N) is 1. The summed E-state index contributed by atoms with van der Waals surface area (Å²) in [6.45, 7) is 0. The van der Waals surface area contributed by atoms with E-state index in [-0.39, 0.29) is 5.75 Å². The summed E-state index contributed by atoms with van der Waals surface area (Å²) < 4.78 is 0. The van der Waals surface area contributed by atoms with Crippen LogP contribution < -0.4 is 5.32 Å². The Kier molecular flexibility index (Phi) is 5.74. The summed E-state index contributed by atoms with van der Waals surface area (Å²) in [4.78, 5) is 21.0. The van der Waals surface area contributed by atoms with Crippen molar-refractivity contribution in [3.63, 3.8) is 0 Å². The third-order valence-electron chi connectivity index (χ3n) is 2.18. The van der Waals surface area contributed by atoms with E-state index in [9.17, 15) is 9.59 Å². The number of thioether (sulfide) groups is 1. The van der Waals surface area contributed by atoms with Gasteiger partial charge in [-0.05, 0) is 17.7 Å². The number of nitriles is 1. The van der Waals surface area contributed by atoms with Crippen molar-refractivity contribution < 1.29 is 14.7 Å². The highest BCUT2D eigenvalue weighted by Crippen LogP contribution is 2.14. The van der Waals surface area contributed by atoms with Crippen LogP contribution in [-0.4, -0.2) is 29.3 Å². The molecule has 0 saturated carbocycles. The van der Waals surface area contributed by atoms with E-state index in [0.29, 0.717) is 17.7 Å². The first-order valence-corrected chi connectivity index (χ1v) is 6.32. The molecule has 0 radical (unpaired) electrons. The molecule has 0 heterocycles. The summed E-state index contributed by atoms with van der Waals surface area (Å²) in [6, 6.07) is 8.29. The van der Waals surface area contributed by atoms with E-state index in [4.69, 9.17) is 10.4 Å². The monoisotopic (exact) mass is 264 g/mol. The highest BCUT2D eigenvalue weighted by Gasteiger charge is 2.15. The van der Waals surface area contributed by atoms with Crippen LogP contribution in [0.15, 0.2) is 24.3 Å². The van der Waals surface area contributed by atoms with Gasteiger partial charge < -0.3 is 10.4 Å². The Morgan fingerprint density at radius 3 is 3.00 bits per heavy atom. The smallest absolute Gasteiger partial charge is 0.327 e.